The minimum atomic E-state index is -0.770. The number of hydrogen-bond donors (Lipinski definition) is 0. The van der Waals surface area contributed by atoms with Crippen molar-refractivity contribution >= 4 is 5.97 Å². The minimum absolute atomic E-state index is 0.104. The molecule has 4 nitrogen and oxygen atoms in total. The first-order valence-corrected chi connectivity index (χ1v) is 3.11. The lowest BCUT2D eigenvalue weighted by atomic mass is 10.3. The molecule has 0 amide bonds. The Morgan fingerprint density at radius 2 is 2.33 bits per heavy atom. The molecule has 0 fully saturated rings. The molecule has 1 aromatic heterocycles. The van der Waals surface area contributed by atoms with Crippen molar-refractivity contribution in [1.82, 2.24) is 0 Å². The highest BCUT2D eigenvalue weighted by Gasteiger charge is 2.10. The first-order valence-electron chi connectivity index (χ1n) is 3.11. The molecule has 5 heteroatoms. The average Bonchev–Trinajstić information content (AvgIpc) is 2.01. The number of carbonyl (C=O) groups excluding carboxylic acids is 1. The minimum Gasteiger partial charge on any atom is -0.619 e. The van der Waals surface area contributed by atoms with Crippen molar-refractivity contribution in [2.24, 2.45) is 0 Å². The van der Waals surface area contributed by atoms with Crippen LogP contribution in [0.5, 0.6) is 0 Å². The van der Waals surface area contributed by atoms with Crippen LogP contribution in [-0.4, -0.2) is 13.1 Å². The molecule has 0 saturated carbocycles. The van der Waals surface area contributed by atoms with Crippen LogP contribution < -0.4 is 4.73 Å². The summed E-state index contributed by atoms with van der Waals surface area (Å²) in [6, 6.07) is 0.931. The van der Waals surface area contributed by atoms with Gasteiger partial charge in [0.15, 0.2) is 12.0 Å². The van der Waals surface area contributed by atoms with Crippen LogP contribution in [0.25, 0.3) is 0 Å². The molecule has 0 aliphatic rings. The maximum absolute atomic E-state index is 12.5. The quantitative estimate of drug-likeness (QED) is 0.345. The van der Waals surface area contributed by atoms with E-state index < -0.39 is 11.8 Å². The SMILES string of the molecule is COC(=O)c1cc(F)c[n+]([O-])c1. The van der Waals surface area contributed by atoms with Gasteiger partial charge in [-0.05, 0) is 0 Å². The van der Waals surface area contributed by atoms with Crippen LogP contribution in [0.3, 0.4) is 0 Å². The van der Waals surface area contributed by atoms with Gasteiger partial charge in [-0.1, -0.05) is 0 Å². The second kappa shape index (κ2) is 3.17. The zero-order valence-corrected chi connectivity index (χ0v) is 6.28. The summed E-state index contributed by atoms with van der Waals surface area (Å²) >= 11 is 0. The molecule has 0 atom stereocenters. The maximum atomic E-state index is 12.5. The topological polar surface area (TPSA) is 53.2 Å². The van der Waals surface area contributed by atoms with Crippen molar-refractivity contribution in [3.05, 3.63) is 35.0 Å². The number of nitrogens with zero attached hydrogens (tertiary/aromatic N) is 1. The smallest absolute Gasteiger partial charge is 0.344 e. The van der Waals surface area contributed by atoms with Gasteiger partial charge in [-0.2, -0.15) is 4.73 Å². The van der Waals surface area contributed by atoms with Crippen molar-refractivity contribution in [3.63, 3.8) is 0 Å². The molecule has 1 heterocycles. The molecule has 0 saturated heterocycles. The molecule has 0 unspecified atom stereocenters. The first kappa shape index (κ1) is 8.45. The molecule has 1 rings (SSSR count). The number of rotatable bonds is 1. The van der Waals surface area contributed by atoms with Gasteiger partial charge in [0.05, 0.1) is 7.11 Å². The number of hydrogen-bond acceptors (Lipinski definition) is 3. The lowest BCUT2D eigenvalue weighted by molar-refractivity contribution is -0.607. The predicted molar refractivity (Wildman–Crippen MR) is 36.7 cm³/mol. The Hall–Kier alpha value is -1.65. The summed E-state index contributed by atoms with van der Waals surface area (Å²) in [6.45, 7) is 0. The Bertz CT molecular complexity index is 293. The van der Waals surface area contributed by atoms with Crippen LogP contribution >= 0.6 is 0 Å². The third-order valence-corrected chi connectivity index (χ3v) is 1.23. The van der Waals surface area contributed by atoms with Gasteiger partial charge in [-0.25, -0.2) is 9.18 Å². The van der Waals surface area contributed by atoms with Crippen molar-refractivity contribution in [1.29, 1.82) is 0 Å². The molecule has 12 heavy (non-hydrogen) atoms. The third-order valence-electron chi connectivity index (χ3n) is 1.23. The van der Waals surface area contributed by atoms with Gasteiger partial charge in [0.1, 0.15) is 5.56 Å². The third kappa shape index (κ3) is 1.69. The maximum Gasteiger partial charge on any atom is 0.344 e. The predicted octanol–water partition coefficient (Wildman–Crippen LogP) is 0.246. The molecule has 0 aromatic carbocycles. The molecular weight excluding hydrogens is 165 g/mol. The van der Waals surface area contributed by atoms with Gasteiger partial charge >= 0.3 is 5.97 Å². The van der Waals surface area contributed by atoms with E-state index in [1.807, 2.05) is 0 Å². The van der Waals surface area contributed by atoms with Crippen molar-refractivity contribution in [2.75, 3.05) is 7.11 Å². The summed E-state index contributed by atoms with van der Waals surface area (Å²) in [7, 11) is 1.16. The number of aromatic nitrogens is 1. The molecule has 0 N–H and O–H groups in total. The Labute approximate surface area is 67.8 Å². The fourth-order valence-corrected chi connectivity index (χ4v) is 0.748. The van der Waals surface area contributed by atoms with E-state index in [0.29, 0.717) is 6.20 Å². The molecular formula is C7H6FNO3. The summed E-state index contributed by atoms with van der Waals surface area (Å²) < 4.78 is 17.0. The van der Waals surface area contributed by atoms with Crippen LogP contribution in [0.1, 0.15) is 10.4 Å². The van der Waals surface area contributed by atoms with E-state index in [4.69, 9.17) is 0 Å². The first-order chi connectivity index (χ1) is 5.63. The van der Waals surface area contributed by atoms with Crippen molar-refractivity contribution in [3.8, 4) is 0 Å². The molecule has 0 aliphatic carbocycles. The molecule has 0 bridgehead atoms. The molecule has 1 aromatic rings. The fraction of sp³-hybridized carbons (Fsp3) is 0.143. The highest BCUT2D eigenvalue weighted by Crippen LogP contribution is 2.00. The zero-order valence-electron chi connectivity index (χ0n) is 6.28. The molecule has 0 aliphatic heterocycles. The number of pyridine rings is 1. The van der Waals surface area contributed by atoms with E-state index in [-0.39, 0.29) is 10.3 Å². The number of carbonyl (C=O) groups is 1. The van der Waals surface area contributed by atoms with Gasteiger partial charge in [0.2, 0.25) is 6.20 Å². The van der Waals surface area contributed by atoms with Gasteiger partial charge in [-0.15, -0.1) is 0 Å². The summed E-state index contributed by atoms with van der Waals surface area (Å²) in [4.78, 5) is 10.8. The zero-order chi connectivity index (χ0) is 9.14. The number of ether oxygens (including phenoxy) is 1. The fourth-order valence-electron chi connectivity index (χ4n) is 0.748. The van der Waals surface area contributed by atoms with Crippen LogP contribution in [0, 0.1) is 11.0 Å². The molecule has 64 valence electrons. The van der Waals surface area contributed by atoms with Gasteiger partial charge in [-0.3, -0.25) is 0 Å². The van der Waals surface area contributed by atoms with Gasteiger partial charge < -0.3 is 9.94 Å². The number of esters is 1. The average molecular weight is 171 g/mol. The second-order valence-corrected chi connectivity index (χ2v) is 2.09. The molecule has 0 spiro atoms. The van der Waals surface area contributed by atoms with Gasteiger partial charge in [0, 0.05) is 6.07 Å². The van der Waals surface area contributed by atoms with E-state index in [1.165, 1.54) is 0 Å². The van der Waals surface area contributed by atoms with Gasteiger partial charge in [0.25, 0.3) is 0 Å². The highest BCUT2D eigenvalue weighted by atomic mass is 19.1. The highest BCUT2D eigenvalue weighted by molar-refractivity contribution is 5.88. The van der Waals surface area contributed by atoms with E-state index in [0.717, 1.165) is 19.4 Å². The summed E-state index contributed by atoms with van der Waals surface area (Å²) in [6.07, 6.45) is 1.65. The summed E-state index contributed by atoms with van der Waals surface area (Å²) in [5.74, 6) is -1.51. The van der Waals surface area contributed by atoms with Crippen LogP contribution in [0.4, 0.5) is 4.39 Å². The van der Waals surface area contributed by atoms with Crippen molar-refractivity contribution < 1.29 is 18.7 Å². The van der Waals surface area contributed by atoms with E-state index in [2.05, 4.69) is 4.74 Å². The number of methoxy groups -OCH3 is 1. The summed E-state index contributed by atoms with van der Waals surface area (Å²) in [5, 5.41) is 10.6. The Balaban J connectivity index is 3.08. The van der Waals surface area contributed by atoms with Crippen molar-refractivity contribution in [2.45, 2.75) is 0 Å². The second-order valence-electron chi connectivity index (χ2n) is 2.09. The Kier molecular flexibility index (Phi) is 2.23. The van der Waals surface area contributed by atoms with Crippen LogP contribution in [0.15, 0.2) is 18.5 Å². The number of halogens is 1. The summed E-state index contributed by atoms with van der Waals surface area (Å²) in [5.41, 5.74) is -0.104. The lowest BCUT2D eigenvalue weighted by Gasteiger charge is -1.99. The van der Waals surface area contributed by atoms with E-state index in [9.17, 15) is 14.4 Å². The van der Waals surface area contributed by atoms with E-state index >= 15 is 0 Å². The normalized spacial score (nSPS) is 9.50. The van der Waals surface area contributed by atoms with Crippen LogP contribution in [0.2, 0.25) is 0 Å². The largest absolute Gasteiger partial charge is 0.619 e. The van der Waals surface area contributed by atoms with Crippen LogP contribution in [-0.2, 0) is 4.74 Å². The Morgan fingerprint density at radius 1 is 1.67 bits per heavy atom. The molecule has 0 radical (unpaired) electrons. The monoisotopic (exact) mass is 171 g/mol. The lowest BCUT2D eigenvalue weighted by Crippen LogP contribution is -2.27. The Morgan fingerprint density at radius 3 is 2.83 bits per heavy atom. The standard InChI is InChI=1S/C7H6FNO3/c1-12-7(10)5-2-6(8)4-9(11)3-5/h2-4H,1H3. The van der Waals surface area contributed by atoms with E-state index in [1.54, 1.807) is 0 Å².